The number of nitrogens with zero attached hydrogens (tertiary/aromatic N) is 2. The minimum absolute atomic E-state index is 0.0118. The van der Waals surface area contributed by atoms with Crippen LogP contribution in [-0.4, -0.2) is 16.1 Å². The highest BCUT2D eigenvalue weighted by atomic mass is 32.1. The number of aryl methyl sites for hydroxylation is 2. The lowest BCUT2D eigenvalue weighted by atomic mass is 10.2. The molecule has 6 heteroatoms. The van der Waals surface area contributed by atoms with Gasteiger partial charge in [-0.15, -0.1) is 21.5 Å². The maximum atomic E-state index is 11.6. The Morgan fingerprint density at radius 1 is 1.47 bits per heavy atom. The third-order valence-corrected chi connectivity index (χ3v) is 3.87. The summed E-state index contributed by atoms with van der Waals surface area (Å²) in [7, 11) is 0. The van der Waals surface area contributed by atoms with Gasteiger partial charge >= 0.3 is 0 Å². The van der Waals surface area contributed by atoms with Crippen LogP contribution in [-0.2, 0) is 11.2 Å². The molecule has 17 heavy (non-hydrogen) atoms. The van der Waals surface area contributed by atoms with E-state index in [1.807, 2.05) is 13.0 Å². The number of carbonyl (C=O) groups excluding carboxylic acids is 1. The summed E-state index contributed by atoms with van der Waals surface area (Å²) in [6.45, 7) is 1.87. The first kappa shape index (κ1) is 12.2. The Kier molecular flexibility index (Phi) is 4.22. The Bertz CT molecular complexity index is 479. The summed E-state index contributed by atoms with van der Waals surface area (Å²) in [4.78, 5) is 12.9. The number of aromatic nitrogens is 2. The zero-order valence-electron chi connectivity index (χ0n) is 9.47. The van der Waals surface area contributed by atoms with Crippen LogP contribution in [0.2, 0.25) is 0 Å². The van der Waals surface area contributed by atoms with E-state index in [1.54, 1.807) is 11.3 Å². The summed E-state index contributed by atoms with van der Waals surface area (Å²) in [6, 6.07) is 4.13. The average Bonchev–Trinajstić information content (AvgIpc) is 2.90. The monoisotopic (exact) mass is 267 g/mol. The summed E-state index contributed by atoms with van der Waals surface area (Å²) in [5.74, 6) is 0.0118. The molecular formula is C11H13N3OS2. The van der Waals surface area contributed by atoms with Gasteiger partial charge in [0.15, 0.2) is 0 Å². The van der Waals surface area contributed by atoms with Crippen molar-refractivity contribution in [1.29, 1.82) is 0 Å². The third kappa shape index (κ3) is 3.90. The number of anilines is 1. The second kappa shape index (κ2) is 5.88. The number of amides is 1. The summed E-state index contributed by atoms with van der Waals surface area (Å²) in [5, 5.41) is 14.0. The van der Waals surface area contributed by atoms with Crippen LogP contribution in [0.4, 0.5) is 5.13 Å². The molecule has 0 saturated heterocycles. The molecule has 0 aromatic carbocycles. The van der Waals surface area contributed by atoms with Crippen molar-refractivity contribution in [3.8, 4) is 0 Å². The van der Waals surface area contributed by atoms with Crippen molar-refractivity contribution < 1.29 is 4.79 Å². The second-order valence-corrected chi connectivity index (χ2v) is 5.82. The van der Waals surface area contributed by atoms with Crippen LogP contribution in [0.25, 0.3) is 0 Å². The molecule has 2 rings (SSSR count). The minimum atomic E-state index is 0.0118. The summed E-state index contributed by atoms with van der Waals surface area (Å²) in [5.41, 5.74) is 0. The van der Waals surface area contributed by atoms with Crippen molar-refractivity contribution in [2.75, 3.05) is 5.32 Å². The first-order valence-electron chi connectivity index (χ1n) is 5.36. The molecule has 1 amide bonds. The smallest absolute Gasteiger partial charge is 0.226 e. The van der Waals surface area contributed by atoms with Crippen LogP contribution in [0.15, 0.2) is 17.5 Å². The molecule has 2 heterocycles. The first-order valence-corrected chi connectivity index (χ1v) is 7.06. The number of rotatable bonds is 5. The zero-order chi connectivity index (χ0) is 12.1. The highest BCUT2D eigenvalue weighted by Gasteiger charge is 2.06. The van der Waals surface area contributed by atoms with E-state index in [1.165, 1.54) is 16.2 Å². The molecule has 90 valence electrons. The molecule has 0 aliphatic carbocycles. The van der Waals surface area contributed by atoms with Crippen LogP contribution < -0.4 is 5.32 Å². The van der Waals surface area contributed by atoms with Crippen molar-refractivity contribution in [2.24, 2.45) is 0 Å². The van der Waals surface area contributed by atoms with Crippen LogP contribution in [0.1, 0.15) is 22.7 Å². The average molecular weight is 267 g/mol. The summed E-state index contributed by atoms with van der Waals surface area (Å²) >= 11 is 3.13. The minimum Gasteiger partial charge on any atom is -0.301 e. The van der Waals surface area contributed by atoms with E-state index in [4.69, 9.17) is 0 Å². The Hall–Kier alpha value is -1.27. The fraction of sp³-hybridized carbons (Fsp3) is 0.364. The maximum absolute atomic E-state index is 11.6. The fourth-order valence-corrected chi connectivity index (χ4v) is 2.77. The SMILES string of the molecule is Cc1nnc(NC(=O)CCCc2cccs2)s1. The third-order valence-electron chi connectivity index (χ3n) is 2.18. The molecule has 0 radical (unpaired) electrons. The van der Waals surface area contributed by atoms with E-state index in [-0.39, 0.29) is 5.91 Å². The maximum Gasteiger partial charge on any atom is 0.226 e. The number of nitrogens with one attached hydrogen (secondary N) is 1. The molecule has 0 bridgehead atoms. The van der Waals surface area contributed by atoms with Gasteiger partial charge in [0.1, 0.15) is 5.01 Å². The van der Waals surface area contributed by atoms with E-state index in [0.717, 1.165) is 17.8 Å². The van der Waals surface area contributed by atoms with Gasteiger partial charge in [-0.3, -0.25) is 4.79 Å². The number of hydrogen-bond acceptors (Lipinski definition) is 5. The lowest BCUT2D eigenvalue weighted by molar-refractivity contribution is -0.116. The summed E-state index contributed by atoms with van der Waals surface area (Å²) in [6.07, 6.45) is 2.35. The molecule has 4 nitrogen and oxygen atoms in total. The van der Waals surface area contributed by atoms with Crippen molar-refractivity contribution in [3.63, 3.8) is 0 Å². The Balaban J connectivity index is 1.71. The van der Waals surface area contributed by atoms with Crippen LogP contribution in [0.5, 0.6) is 0 Å². The van der Waals surface area contributed by atoms with Crippen molar-refractivity contribution in [1.82, 2.24) is 10.2 Å². The molecule has 0 unspecified atom stereocenters. The van der Waals surface area contributed by atoms with Gasteiger partial charge in [0.25, 0.3) is 0 Å². The molecule has 2 aromatic heterocycles. The van der Waals surface area contributed by atoms with Gasteiger partial charge in [-0.2, -0.15) is 0 Å². The lowest BCUT2D eigenvalue weighted by Crippen LogP contribution is -2.11. The molecule has 1 N–H and O–H groups in total. The Labute approximate surface area is 108 Å². The summed E-state index contributed by atoms with van der Waals surface area (Å²) < 4.78 is 0. The van der Waals surface area contributed by atoms with Gasteiger partial charge in [-0.1, -0.05) is 17.4 Å². The molecule has 0 atom stereocenters. The molecule has 2 aromatic rings. The molecule has 0 fully saturated rings. The largest absolute Gasteiger partial charge is 0.301 e. The first-order chi connectivity index (χ1) is 8.24. The number of thiophene rings is 1. The predicted octanol–water partition coefficient (Wildman–Crippen LogP) is 2.87. The van der Waals surface area contributed by atoms with Gasteiger partial charge in [-0.25, -0.2) is 0 Å². The van der Waals surface area contributed by atoms with E-state index in [2.05, 4.69) is 27.0 Å². The van der Waals surface area contributed by atoms with Gasteiger partial charge in [0.2, 0.25) is 11.0 Å². The molecule has 0 saturated carbocycles. The molecular weight excluding hydrogens is 254 g/mol. The van der Waals surface area contributed by atoms with Gasteiger partial charge in [0, 0.05) is 11.3 Å². The molecule has 0 aliphatic heterocycles. The number of carbonyl (C=O) groups is 1. The normalized spacial score (nSPS) is 10.4. The van der Waals surface area contributed by atoms with E-state index < -0.39 is 0 Å². The van der Waals surface area contributed by atoms with E-state index in [0.29, 0.717) is 11.6 Å². The number of hydrogen-bond donors (Lipinski definition) is 1. The van der Waals surface area contributed by atoms with Gasteiger partial charge < -0.3 is 5.32 Å². The van der Waals surface area contributed by atoms with Crippen molar-refractivity contribution in [3.05, 3.63) is 27.4 Å². The van der Waals surface area contributed by atoms with Crippen molar-refractivity contribution >= 4 is 33.7 Å². The standard InChI is InChI=1S/C11H13N3OS2/c1-8-13-14-11(17-8)12-10(15)6-2-4-9-5-3-7-16-9/h3,5,7H,2,4,6H2,1H3,(H,12,14,15). The van der Waals surface area contributed by atoms with Gasteiger partial charge in [0.05, 0.1) is 0 Å². The quantitative estimate of drug-likeness (QED) is 0.906. The predicted molar refractivity (Wildman–Crippen MR) is 70.5 cm³/mol. The Morgan fingerprint density at radius 2 is 2.35 bits per heavy atom. The Morgan fingerprint density at radius 3 is 3.00 bits per heavy atom. The van der Waals surface area contributed by atoms with Crippen LogP contribution in [0, 0.1) is 6.92 Å². The fourth-order valence-electron chi connectivity index (χ4n) is 1.41. The second-order valence-electron chi connectivity index (χ2n) is 3.61. The topological polar surface area (TPSA) is 54.9 Å². The van der Waals surface area contributed by atoms with Crippen LogP contribution in [0.3, 0.4) is 0 Å². The highest BCUT2D eigenvalue weighted by Crippen LogP contribution is 2.15. The van der Waals surface area contributed by atoms with E-state index in [9.17, 15) is 4.79 Å². The zero-order valence-corrected chi connectivity index (χ0v) is 11.1. The molecule has 0 spiro atoms. The van der Waals surface area contributed by atoms with Crippen molar-refractivity contribution in [2.45, 2.75) is 26.2 Å². The van der Waals surface area contributed by atoms with E-state index >= 15 is 0 Å². The van der Waals surface area contributed by atoms with Gasteiger partial charge in [-0.05, 0) is 31.2 Å². The van der Waals surface area contributed by atoms with Crippen LogP contribution >= 0.6 is 22.7 Å². The highest BCUT2D eigenvalue weighted by molar-refractivity contribution is 7.15. The lowest BCUT2D eigenvalue weighted by Gasteiger charge is -2.00. The molecule has 0 aliphatic rings.